The molecule has 2 aromatic rings. The van der Waals surface area contributed by atoms with E-state index in [1.54, 1.807) is 25.3 Å². The zero-order valence-electron chi connectivity index (χ0n) is 10.0. The Bertz CT molecular complexity index is 547. The van der Waals surface area contributed by atoms with E-state index >= 15 is 0 Å². The molecule has 0 bridgehead atoms. The van der Waals surface area contributed by atoms with Crippen molar-refractivity contribution in [3.05, 3.63) is 65.0 Å². The number of hydrogen-bond acceptors (Lipinski definition) is 2. The normalized spacial score (nSPS) is 10.1. The third kappa shape index (κ3) is 2.74. The van der Waals surface area contributed by atoms with Gasteiger partial charge in [-0.3, -0.25) is 4.79 Å². The fraction of sp³-hybridized carbons (Fsp3) is 0.133. The van der Waals surface area contributed by atoms with Crippen molar-refractivity contribution >= 4 is 6.29 Å². The van der Waals surface area contributed by atoms with E-state index in [0.717, 1.165) is 17.4 Å². The van der Waals surface area contributed by atoms with Crippen molar-refractivity contribution in [3.63, 3.8) is 0 Å². The van der Waals surface area contributed by atoms with E-state index in [-0.39, 0.29) is 5.82 Å². The lowest BCUT2D eigenvalue weighted by Crippen LogP contribution is -1.95. The van der Waals surface area contributed by atoms with Crippen LogP contribution in [0.15, 0.2) is 42.5 Å². The summed E-state index contributed by atoms with van der Waals surface area (Å²) in [7, 11) is 1.56. The average Bonchev–Trinajstić information content (AvgIpc) is 2.40. The summed E-state index contributed by atoms with van der Waals surface area (Å²) in [5.74, 6) is 0.381. The summed E-state index contributed by atoms with van der Waals surface area (Å²) in [5, 5.41) is 0. The number of ether oxygens (including phenoxy) is 1. The molecule has 0 saturated carbocycles. The molecule has 2 nitrogen and oxygen atoms in total. The molecule has 2 rings (SSSR count). The van der Waals surface area contributed by atoms with Gasteiger partial charge in [-0.1, -0.05) is 24.3 Å². The van der Waals surface area contributed by atoms with Gasteiger partial charge in [0.15, 0.2) is 0 Å². The molecule has 0 radical (unpaired) electrons. The van der Waals surface area contributed by atoms with E-state index in [1.807, 2.05) is 12.1 Å². The second kappa shape index (κ2) is 5.45. The van der Waals surface area contributed by atoms with Crippen molar-refractivity contribution in [2.24, 2.45) is 0 Å². The number of carbonyl (C=O) groups excluding carboxylic acids is 1. The van der Waals surface area contributed by atoms with Crippen LogP contribution in [0.2, 0.25) is 0 Å². The standard InChI is InChI=1S/C15H13FO2/c1-18-15-7-6-14(16)9-13(15)8-11-2-4-12(10-17)5-3-11/h2-7,9-10H,8H2,1H3. The summed E-state index contributed by atoms with van der Waals surface area (Å²) < 4.78 is 18.4. The lowest BCUT2D eigenvalue weighted by molar-refractivity contribution is 0.112. The Morgan fingerprint density at radius 2 is 1.89 bits per heavy atom. The molecule has 3 heteroatoms. The van der Waals surface area contributed by atoms with Gasteiger partial charge in [0.05, 0.1) is 7.11 Å². The molecule has 0 N–H and O–H groups in total. The second-order valence-corrected chi connectivity index (χ2v) is 3.99. The van der Waals surface area contributed by atoms with Crippen molar-refractivity contribution < 1.29 is 13.9 Å². The number of aldehydes is 1. The SMILES string of the molecule is COc1ccc(F)cc1Cc1ccc(C=O)cc1. The van der Waals surface area contributed by atoms with Crippen LogP contribution in [-0.4, -0.2) is 13.4 Å². The van der Waals surface area contributed by atoms with Crippen LogP contribution in [0.3, 0.4) is 0 Å². The molecule has 0 fully saturated rings. The van der Waals surface area contributed by atoms with E-state index in [9.17, 15) is 9.18 Å². The van der Waals surface area contributed by atoms with E-state index in [1.165, 1.54) is 12.1 Å². The smallest absolute Gasteiger partial charge is 0.150 e. The molecular formula is C15H13FO2. The topological polar surface area (TPSA) is 26.3 Å². The summed E-state index contributed by atoms with van der Waals surface area (Å²) in [6.45, 7) is 0. The molecule has 0 aromatic heterocycles. The zero-order chi connectivity index (χ0) is 13.0. The van der Waals surface area contributed by atoms with Gasteiger partial charge in [-0.25, -0.2) is 4.39 Å². The minimum Gasteiger partial charge on any atom is -0.496 e. The van der Waals surface area contributed by atoms with Gasteiger partial charge < -0.3 is 4.74 Å². The first-order valence-corrected chi connectivity index (χ1v) is 5.59. The van der Waals surface area contributed by atoms with Crippen LogP contribution >= 0.6 is 0 Å². The lowest BCUT2D eigenvalue weighted by Gasteiger charge is -2.08. The Kier molecular flexibility index (Phi) is 3.72. The molecule has 0 aliphatic heterocycles. The van der Waals surface area contributed by atoms with Crippen molar-refractivity contribution in [2.75, 3.05) is 7.11 Å². The minimum atomic E-state index is -0.282. The predicted molar refractivity (Wildman–Crippen MR) is 67.6 cm³/mol. The van der Waals surface area contributed by atoms with Crippen LogP contribution in [0, 0.1) is 5.82 Å². The van der Waals surface area contributed by atoms with Gasteiger partial charge >= 0.3 is 0 Å². The Labute approximate surface area is 105 Å². The molecular weight excluding hydrogens is 231 g/mol. The first-order chi connectivity index (χ1) is 8.72. The largest absolute Gasteiger partial charge is 0.496 e. The van der Waals surface area contributed by atoms with Gasteiger partial charge in [0.25, 0.3) is 0 Å². The molecule has 92 valence electrons. The maximum absolute atomic E-state index is 13.2. The number of rotatable bonds is 4. The van der Waals surface area contributed by atoms with Gasteiger partial charge in [0, 0.05) is 17.5 Å². The third-order valence-corrected chi connectivity index (χ3v) is 2.75. The molecule has 0 unspecified atom stereocenters. The first kappa shape index (κ1) is 12.3. The van der Waals surface area contributed by atoms with Crippen molar-refractivity contribution in [3.8, 4) is 5.75 Å². The predicted octanol–water partition coefficient (Wildman–Crippen LogP) is 3.24. The van der Waals surface area contributed by atoms with Crippen molar-refractivity contribution in [1.82, 2.24) is 0 Å². The highest BCUT2D eigenvalue weighted by molar-refractivity contribution is 5.74. The van der Waals surface area contributed by atoms with Gasteiger partial charge in [0.2, 0.25) is 0 Å². The van der Waals surface area contributed by atoms with Gasteiger partial charge in [-0.15, -0.1) is 0 Å². The van der Waals surface area contributed by atoms with E-state index in [2.05, 4.69) is 0 Å². The fourth-order valence-corrected chi connectivity index (χ4v) is 1.82. The maximum atomic E-state index is 13.2. The molecule has 18 heavy (non-hydrogen) atoms. The number of carbonyl (C=O) groups is 1. The molecule has 0 atom stereocenters. The van der Waals surface area contributed by atoms with E-state index < -0.39 is 0 Å². The molecule has 2 aromatic carbocycles. The van der Waals surface area contributed by atoms with Crippen molar-refractivity contribution in [1.29, 1.82) is 0 Å². The molecule has 0 spiro atoms. The second-order valence-electron chi connectivity index (χ2n) is 3.99. The molecule has 0 aliphatic carbocycles. The highest BCUT2D eigenvalue weighted by Gasteiger charge is 2.05. The molecule has 0 amide bonds. The van der Waals surface area contributed by atoms with Crippen LogP contribution in [0.5, 0.6) is 5.75 Å². The van der Waals surface area contributed by atoms with Crippen LogP contribution in [0.25, 0.3) is 0 Å². The van der Waals surface area contributed by atoms with Crippen LogP contribution < -0.4 is 4.74 Å². The fourth-order valence-electron chi connectivity index (χ4n) is 1.82. The number of hydrogen-bond donors (Lipinski definition) is 0. The Hall–Kier alpha value is -2.16. The summed E-state index contributed by atoms with van der Waals surface area (Å²) in [6.07, 6.45) is 1.37. The number of benzene rings is 2. The van der Waals surface area contributed by atoms with Gasteiger partial charge in [-0.2, -0.15) is 0 Å². The summed E-state index contributed by atoms with van der Waals surface area (Å²) in [4.78, 5) is 10.6. The Balaban J connectivity index is 2.26. The zero-order valence-corrected chi connectivity index (χ0v) is 10.0. The summed E-state index contributed by atoms with van der Waals surface area (Å²) >= 11 is 0. The summed E-state index contributed by atoms with van der Waals surface area (Å²) in [5.41, 5.74) is 2.42. The lowest BCUT2D eigenvalue weighted by atomic mass is 10.0. The average molecular weight is 244 g/mol. The van der Waals surface area contributed by atoms with Gasteiger partial charge in [0.1, 0.15) is 17.9 Å². The Morgan fingerprint density at radius 1 is 1.17 bits per heavy atom. The molecule has 0 aliphatic rings. The molecule has 0 heterocycles. The van der Waals surface area contributed by atoms with E-state index in [0.29, 0.717) is 17.7 Å². The Morgan fingerprint density at radius 3 is 2.50 bits per heavy atom. The van der Waals surface area contributed by atoms with E-state index in [4.69, 9.17) is 4.74 Å². The highest BCUT2D eigenvalue weighted by Crippen LogP contribution is 2.22. The number of halogens is 1. The minimum absolute atomic E-state index is 0.282. The van der Waals surface area contributed by atoms with Crippen LogP contribution in [0.1, 0.15) is 21.5 Å². The number of methoxy groups -OCH3 is 1. The quantitative estimate of drug-likeness (QED) is 0.772. The highest BCUT2D eigenvalue weighted by atomic mass is 19.1. The van der Waals surface area contributed by atoms with Gasteiger partial charge in [-0.05, 0) is 23.8 Å². The first-order valence-electron chi connectivity index (χ1n) is 5.59. The van der Waals surface area contributed by atoms with Crippen LogP contribution in [0.4, 0.5) is 4.39 Å². The maximum Gasteiger partial charge on any atom is 0.150 e. The van der Waals surface area contributed by atoms with Crippen LogP contribution in [-0.2, 0) is 6.42 Å². The third-order valence-electron chi connectivity index (χ3n) is 2.75. The monoisotopic (exact) mass is 244 g/mol. The molecule has 0 saturated heterocycles. The van der Waals surface area contributed by atoms with Crippen molar-refractivity contribution in [2.45, 2.75) is 6.42 Å². The summed E-state index contributed by atoms with van der Waals surface area (Å²) in [6, 6.07) is 11.7.